The Hall–Kier alpha value is 0.910. The van der Waals surface area contributed by atoms with Crippen LogP contribution in [0.25, 0.3) is 0 Å². The Balaban J connectivity index is 0. The van der Waals surface area contributed by atoms with Crippen LogP contribution < -0.4 is 29.6 Å². The monoisotopic (exact) mass is 286 g/mol. The third-order valence-electron chi connectivity index (χ3n) is 2.93. The Kier molecular flexibility index (Phi) is 15.2. The molecule has 0 aromatic rings. The predicted octanol–water partition coefficient (Wildman–Crippen LogP) is 0.703. The van der Waals surface area contributed by atoms with Crippen molar-refractivity contribution in [2.24, 2.45) is 5.92 Å². The summed E-state index contributed by atoms with van der Waals surface area (Å²) in [5.41, 5.74) is 0. The molecule has 0 aromatic heterocycles. The average molecular weight is 286 g/mol. The number of hydrogen-bond donors (Lipinski definition) is 0. The zero-order chi connectivity index (χ0) is 13.1. The SMILES string of the molecule is CC(C)CCCCCCCCCCS(=O)(=O)[O-].[Na+]. The van der Waals surface area contributed by atoms with Gasteiger partial charge in [-0.15, -0.1) is 0 Å². The van der Waals surface area contributed by atoms with E-state index in [1.165, 1.54) is 38.5 Å². The molecule has 18 heavy (non-hydrogen) atoms. The third-order valence-corrected chi connectivity index (χ3v) is 3.71. The first-order chi connectivity index (χ1) is 7.92. The molecule has 0 aliphatic carbocycles. The van der Waals surface area contributed by atoms with E-state index in [4.69, 9.17) is 0 Å². The van der Waals surface area contributed by atoms with Gasteiger partial charge in [0, 0.05) is 5.75 Å². The maximum Gasteiger partial charge on any atom is 1.00 e. The molecule has 5 heteroatoms. The van der Waals surface area contributed by atoms with Gasteiger partial charge in [-0.3, -0.25) is 0 Å². The number of hydrogen-bond acceptors (Lipinski definition) is 3. The summed E-state index contributed by atoms with van der Waals surface area (Å²) in [4.78, 5) is 0. The fourth-order valence-electron chi connectivity index (χ4n) is 1.89. The summed E-state index contributed by atoms with van der Waals surface area (Å²) in [6.07, 6.45) is 10.1. The van der Waals surface area contributed by atoms with Crippen molar-refractivity contribution in [3.05, 3.63) is 0 Å². The van der Waals surface area contributed by atoms with Gasteiger partial charge >= 0.3 is 29.6 Å². The molecular formula is C13H27NaO3S. The Morgan fingerprint density at radius 2 is 1.22 bits per heavy atom. The fourth-order valence-corrected chi connectivity index (χ4v) is 2.45. The summed E-state index contributed by atoms with van der Waals surface area (Å²) in [5.74, 6) is 0.616. The van der Waals surface area contributed by atoms with Crippen LogP contribution in [0.3, 0.4) is 0 Å². The molecule has 0 bridgehead atoms. The van der Waals surface area contributed by atoms with Crippen molar-refractivity contribution in [3.63, 3.8) is 0 Å². The maximum absolute atomic E-state index is 10.3. The van der Waals surface area contributed by atoms with Gasteiger partial charge in [0.05, 0.1) is 10.1 Å². The summed E-state index contributed by atoms with van der Waals surface area (Å²) >= 11 is 0. The zero-order valence-corrected chi connectivity index (χ0v) is 15.1. The van der Waals surface area contributed by atoms with Crippen molar-refractivity contribution in [2.45, 2.75) is 71.6 Å². The minimum absolute atomic E-state index is 0. The second-order valence-electron chi connectivity index (χ2n) is 5.27. The molecule has 0 fully saturated rings. The van der Waals surface area contributed by atoms with Gasteiger partial charge in [-0.05, 0) is 12.3 Å². The standard InChI is InChI=1S/C13H28O3S.Na/c1-13(2)11-9-7-5-3-4-6-8-10-12-17(14,15)16;/h13H,3-12H2,1-2H3,(H,14,15,16);/q;+1/p-1. The summed E-state index contributed by atoms with van der Waals surface area (Å²) in [6, 6.07) is 0. The van der Waals surface area contributed by atoms with Crippen LogP contribution in [-0.2, 0) is 10.1 Å². The van der Waals surface area contributed by atoms with Crippen LogP contribution in [0.2, 0.25) is 0 Å². The number of rotatable bonds is 11. The quantitative estimate of drug-likeness (QED) is 0.319. The van der Waals surface area contributed by atoms with Crippen LogP contribution in [0.4, 0.5) is 0 Å². The first-order valence-corrected chi connectivity index (χ1v) is 8.43. The Morgan fingerprint density at radius 1 is 0.833 bits per heavy atom. The Morgan fingerprint density at radius 3 is 1.61 bits per heavy atom. The normalized spacial score (nSPS) is 11.6. The van der Waals surface area contributed by atoms with Crippen LogP contribution in [-0.4, -0.2) is 18.7 Å². The molecule has 0 unspecified atom stereocenters. The van der Waals surface area contributed by atoms with Crippen molar-refractivity contribution in [2.75, 3.05) is 5.75 Å². The Labute approximate surface area is 135 Å². The molecule has 104 valence electrons. The van der Waals surface area contributed by atoms with Crippen LogP contribution >= 0.6 is 0 Å². The summed E-state index contributed by atoms with van der Waals surface area (Å²) < 4.78 is 31.0. The van der Waals surface area contributed by atoms with Crippen LogP contribution in [0.5, 0.6) is 0 Å². The van der Waals surface area contributed by atoms with Gasteiger partial charge in [-0.25, -0.2) is 8.42 Å². The zero-order valence-electron chi connectivity index (χ0n) is 12.3. The molecule has 0 aliphatic rings. The van der Waals surface area contributed by atoms with E-state index in [-0.39, 0.29) is 35.3 Å². The molecular weight excluding hydrogens is 259 g/mol. The van der Waals surface area contributed by atoms with E-state index in [2.05, 4.69) is 13.8 Å². The molecule has 0 atom stereocenters. The second-order valence-corrected chi connectivity index (χ2v) is 6.80. The smallest absolute Gasteiger partial charge is 0.748 e. The first-order valence-electron chi connectivity index (χ1n) is 6.85. The van der Waals surface area contributed by atoms with E-state index in [9.17, 15) is 13.0 Å². The van der Waals surface area contributed by atoms with Crippen molar-refractivity contribution in [3.8, 4) is 0 Å². The van der Waals surface area contributed by atoms with Crippen LogP contribution in [0, 0.1) is 5.92 Å². The van der Waals surface area contributed by atoms with Crippen molar-refractivity contribution < 1.29 is 42.5 Å². The van der Waals surface area contributed by atoms with E-state index in [1.807, 2.05) is 0 Å². The van der Waals surface area contributed by atoms with Crippen LogP contribution in [0.1, 0.15) is 71.6 Å². The summed E-state index contributed by atoms with van der Waals surface area (Å²) in [7, 11) is -3.99. The van der Waals surface area contributed by atoms with Gasteiger partial charge in [0.15, 0.2) is 0 Å². The van der Waals surface area contributed by atoms with Gasteiger partial charge in [0.1, 0.15) is 0 Å². The van der Waals surface area contributed by atoms with Crippen molar-refractivity contribution in [1.82, 2.24) is 0 Å². The molecule has 0 saturated heterocycles. The molecule has 0 N–H and O–H groups in total. The van der Waals surface area contributed by atoms with E-state index in [0.29, 0.717) is 6.42 Å². The minimum atomic E-state index is -3.99. The maximum atomic E-state index is 10.3. The molecule has 3 nitrogen and oxygen atoms in total. The summed E-state index contributed by atoms with van der Waals surface area (Å²) in [6.45, 7) is 4.51. The largest absolute Gasteiger partial charge is 1.00 e. The molecule has 0 spiro atoms. The van der Waals surface area contributed by atoms with Gasteiger partial charge < -0.3 is 4.55 Å². The van der Waals surface area contributed by atoms with Gasteiger partial charge in [0.25, 0.3) is 0 Å². The Bertz CT molecular complexity index is 263. The molecule has 0 heterocycles. The summed E-state index contributed by atoms with van der Waals surface area (Å²) in [5, 5.41) is 0. The van der Waals surface area contributed by atoms with Gasteiger partial charge in [-0.1, -0.05) is 65.2 Å². The fraction of sp³-hybridized carbons (Fsp3) is 1.00. The molecule has 0 saturated carbocycles. The average Bonchev–Trinajstić information content (AvgIpc) is 2.18. The number of unbranched alkanes of at least 4 members (excludes halogenated alkanes) is 7. The molecule has 0 aromatic carbocycles. The topological polar surface area (TPSA) is 57.2 Å². The van der Waals surface area contributed by atoms with Crippen molar-refractivity contribution in [1.29, 1.82) is 0 Å². The van der Waals surface area contributed by atoms with E-state index in [1.54, 1.807) is 0 Å². The van der Waals surface area contributed by atoms with E-state index >= 15 is 0 Å². The molecule has 0 aliphatic heterocycles. The van der Waals surface area contributed by atoms with Gasteiger partial charge in [-0.2, -0.15) is 0 Å². The second kappa shape index (κ2) is 12.9. The third kappa shape index (κ3) is 19.3. The molecule has 0 radical (unpaired) electrons. The molecule has 0 rings (SSSR count). The predicted molar refractivity (Wildman–Crippen MR) is 71.0 cm³/mol. The first kappa shape index (κ1) is 21.2. The van der Waals surface area contributed by atoms with E-state index in [0.717, 1.165) is 18.8 Å². The minimum Gasteiger partial charge on any atom is -0.748 e. The van der Waals surface area contributed by atoms with E-state index < -0.39 is 10.1 Å². The van der Waals surface area contributed by atoms with Crippen LogP contribution in [0.15, 0.2) is 0 Å². The van der Waals surface area contributed by atoms with Gasteiger partial charge in [0.2, 0.25) is 0 Å². The van der Waals surface area contributed by atoms with Crippen molar-refractivity contribution >= 4 is 10.1 Å². The molecule has 0 amide bonds.